The van der Waals surface area contributed by atoms with Crippen LogP contribution in [0.1, 0.15) is 38.5 Å². The fourth-order valence-corrected chi connectivity index (χ4v) is 9.28. The molecule has 0 spiro atoms. The SMILES string of the molecule is C=C(O)CCCCCCC[PH](c1ccccc1)(c1ccccc1)c1ccccc1. The molecule has 29 heavy (non-hydrogen) atoms. The van der Waals surface area contributed by atoms with Gasteiger partial charge in [-0.15, -0.1) is 0 Å². The van der Waals surface area contributed by atoms with Gasteiger partial charge in [0.1, 0.15) is 0 Å². The fraction of sp³-hybridized carbons (Fsp3) is 0.259. The van der Waals surface area contributed by atoms with E-state index in [1.54, 1.807) is 0 Å². The van der Waals surface area contributed by atoms with Crippen molar-refractivity contribution in [3.8, 4) is 0 Å². The van der Waals surface area contributed by atoms with Gasteiger partial charge in [-0.1, -0.05) is 0 Å². The third-order valence-corrected chi connectivity index (χ3v) is 10.9. The van der Waals surface area contributed by atoms with Gasteiger partial charge in [-0.25, -0.2) is 0 Å². The zero-order valence-corrected chi connectivity index (χ0v) is 18.3. The molecule has 0 atom stereocenters. The second-order valence-electron chi connectivity index (χ2n) is 7.84. The molecular formula is C27H33OP. The van der Waals surface area contributed by atoms with Crippen molar-refractivity contribution in [1.82, 2.24) is 0 Å². The maximum atomic E-state index is 9.25. The summed E-state index contributed by atoms with van der Waals surface area (Å²) >= 11 is 0. The number of benzene rings is 3. The van der Waals surface area contributed by atoms with Gasteiger partial charge in [0, 0.05) is 0 Å². The molecule has 0 amide bonds. The first-order chi connectivity index (χ1) is 14.2. The summed E-state index contributed by atoms with van der Waals surface area (Å²) in [5, 5.41) is 13.7. The van der Waals surface area contributed by atoms with Crippen LogP contribution in [0.4, 0.5) is 0 Å². The Balaban J connectivity index is 1.86. The summed E-state index contributed by atoms with van der Waals surface area (Å²) in [6.45, 7) is 3.58. The van der Waals surface area contributed by atoms with Crippen molar-refractivity contribution in [2.24, 2.45) is 0 Å². The van der Waals surface area contributed by atoms with Crippen LogP contribution >= 0.6 is 7.26 Å². The topological polar surface area (TPSA) is 20.2 Å². The average Bonchev–Trinajstić information content (AvgIpc) is 2.77. The molecule has 1 N–H and O–H groups in total. The first-order valence-electron chi connectivity index (χ1n) is 10.8. The monoisotopic (exact) mass is 404 g/mol. The van der Waals surface area contributed by atoms with Gasteiger partial charge in [-0.2, -0.15) is 0 Å². The first kappa shape index (κ1) is 21.3. The van der Waals surface area contributed by atoms with E-state index in [0.29, 0.717) is 5.76 Å². The molecular weight excluding hydrogens is 371 g/mol. The minimum absolute atomic E-state index is 0.314. The van der Waals surface area contributed by atoms with Crippen LogP contribution in [-0.4, -0.2) is 11.3 Å². The zero-order valence-electron chi connectivity index (χ0n) is 17.3. The van der Waals surface area contributed by atoms with Gasteiger partial charge in [0.2, 0.25) is 0 Å². The molecule has 3 rings (SSSR count). The molecule has 3 aromatic carbocycles. The fourth-order valence-electron chi connectivity index (χ4n) is 4.35. The zero-order chi connectivity index (χ0) is 20.4. The van der Waals surface area contributed by atoms with Crippen LogP contribution in [0.2, 0.25) is 0 Å². The minimum atomic E-state index is -2.06. The number of hydrogen-bond acceptors (Lipinski definition) is 1. The van der Waals surface area contributed by atoms with Crippen LogP contribution in [0.5, 0.6) is 0 Å². The molecule has 2 heteroatoms. The predicted octanol–water partition coefficient (Wildman–Crippen LogP) is 6.13. The van der Waals surface area contributed by atoms with Gasteiger partial charge in [0.15, 0.2) is 0 Å². The summed E-state index contributed by atoms with van der Waals surface area (Å²) in [5.41, 5.74) is 0. The van der Waals surface area contributed by atoms with Crippen LogP contribution in [0.25, 0.3) is 0 Å². The Hall–Kier alpha value is -2.37. The Bertz CT molecular complexity index is 762. The number of aliphatic hydroxyl groups is 1. The van der Waals surface area contributed by atoms with Crippen molar-refractivity contribution < 1.29 is 5.11 Å². The molecule has 0 aliphatic carbocycles. The summed E-state index contributed by atoms with van der Waals surface area (Å²) in [6, 6.07) is 33.5. The van der Waals surface area contributed by atoms with Crippen molar-refractivity contribution in [2.45, 2.75) is 38.5 Å². The van der Waals surface area contributed by atoms with E-state index >= 15 is 0 Å². The summed E-state index contributed by atoms with van der Waals surface area (Å²) in [4.78, 5) is 0. The molecule has 1 nitrogen and oxygen atoms in total. The van der Waals surface area contributed by atoms with Crippen LogP contribution in [-0.2, 0) is 0 Å². The van der Waals surface area contributed by atoms with E-state index in [9.17, 15) is 5.11 Å². The molecule has 0 saturated heterocycles. The Labute approximate surface area is 176 Å². The molecule has 0 aromatic heterocycles. The Morgan fingerprint density at radius 1 is 0.586 bits per heavy atom. The summed E-state index contributed by atoms with van der Waals surface area (Å²) < 4.78 is 0. The van der Waals surface area contributed by atoms with E-state index in [-0.39, 0.29) is 0 Å². The van der Waals surface area contributed by atoms with Crippen LogP contribution < -0.4 is 15.9 Å². The Kier molecular flexibility index (Phi) is 8.08. The Morgan fingerprint density at radius 3 is 1.38 bits per heavy atom. The molecule has 3 aromatic rings. The summed E-state index contributed by atoms with van der Waals surface area (Å²) in [7, 11) is -2.06. The second kappa shape index (κ2) is 11.0. The van der Waals surface area contributed by atoms with Crippen LogP contribution in [0.3, 0.4) is 0 Å². The van der Waals surface area contributed by atoms with E-state index in [1.807, 2.05) is 0 Å². The van der Waals surface area contributed by atoms with Gasteiger partial charge in [0.05, 0.1) is 0 Å². The van der Waals surface area contributed by atoms with Gasteiger partial charge in [-0.05, 0) is 0 Å². The van der Waals surface area contributed by atoms with Crippen LogP contribution in [0.15, 0.2) is 103 Å². The third kappa shape index (κ3) is 5.58. The molecule has 0 unspecified atom stereocenters. The third-order valence-electron chi connectivity index (χ3n) is 5.82. The molecule has 0 bridgehead atoms. The van der Waals surface area contributed by atoms with E-state index in [1.165, 1.54) is 41.3 Å². The van der Waals surface area contributed by atoms with Crippen molar-refractivity contribution in [2.75, 3.05) is 6.16 Å². The van der Waals surface area contributed by atoms with Crippen molar-refractivity contribution >= 4 is 23.2 Å². The number of unbranched alkanes of at least 4 members (excludes halogenated alkanes) is 4. The first-order valence-corrected chi connectivity index (χ1v) is 13.0. The van der Waals surface area contributed by atoms with Crippen molar-refractivity contribution in [3.05, 3.63) is 103 Å². The van der Waals surface area contributed by atoms with Gasteiger partial charge in [-0.3, -0.25) is 0 Å². The molecule has 0 aliphatic rings. The van der Waals surface area contributed by atoms with Crippen molar-refractivity contribution in [3.63, 3.8) is 0 Å². The molecule has 0 radical (unpaired) electrons. The standard InChI is InChI=1S/C27H33OP/c1-24(28)16-8-3-2-4-15-23-29(25-17-9-5-10-18-25,26-19-11-6-12-20-26)27-21-13-7-14-22-27/h5-7,9-14,17-22,28-29H,1-4,8,15-16,23H2. The number of aliphatic hydroxyl groups excluding tert-OH is 1. The number of hydrogen-bond donors (Lipinski definition) is 1. The van der Waals surface area contributed by atoms with Gasteiger partial charge >= 0.3 is 176 Å². The second-order valence-corrected chi connectivity index (χ2v) is 11.9. The van der Waals surface area contributed by atoms with Gasteiger partial charge in [0.25, 0.3) is 0 Å². The number of allylic oxidation sites excluding steroid dienone is 1. The van der Waals surface area contributed by atoms with Crippen molar-refractivity contribution in [1.29, 1.82) is 0 Å². The van der Waals surface area contributed by atoms with E-state index in [0.717, 1.165) is 19.3 Å². The van der Waals surface area contributed by atoms with E-state index < -0.39 is 7.26 Å². The summed E-state index contributed by atoms with van der Waals surface area (Å²) in [5.74, 6) is 0.314. The molecule has 0 heterocycles. The quantitative estimate of drug-likeness (QED) is 0.232. The van der Waals surface area contributed by atoms with E-state index in [2.05, 4.69) is 97.6 Å². The average molecular weight is 405 g/mol. The predicted molar refractivity (Wildman–Crippen MR) is 131 cm³/mol. The van der Waals surface area contributed by atoms with Gasteiger partial charge < -0.3 is 0 Å². The van der Waals surface area contributed by atoms with Crippen LogP contribution in [0, 0.1) is 0 Å². The molecule has 152 valence electrons. The molecule has 0 fully saturated rings. The molecule has 0 saturated carbocycles. The van der Waals surface area contributed by atoms with E-state index in [4.69, 9.17) is 0 Å². The molecule has 0 aliphatic heterocycles. The Morgan fingerprint density at radius 2 is 0.966 bits per heavy atom. The number of rotatable bonds is 11. The summed E-state index contributed by atoms with van der Waals surface area (Å²) in [6.07, 6.45) is 7.83. The maximum absolute atomic E-state index is 9.25. The normalized spacial score (nSPS) is 11.9.